The van der Waals surface area contributed by atoms with Gasteiger partial charge in [-0.05, 0) is 66.9 Å². The van der Waals surface area contributed by atoms with E-state index in [0.717, 1.165) is 45.4 Å². The third kappa shape index (κ3) is 6.12. The molecule has 3 aromatic carbocycles. The summed E-state index contributed by atoms with van der Waals surface area (Å²) in [6.45, 7) is 3.84. The number of hydrogen-bond donors (Lipinski definition) is 2. The van der Waals surface area contributed by atoms with E-state index in [2.05, 4.69) is 24.3 Å². The molecular weight excluding hydrogens is 479 g/mol. The fourth-order valence-corrected chi connectivity index (χ4v) is 3.79. The number of aromatic nitrogens is 2. The van der Waals surface area contributed by atoms with Crippen molar-refractivity contribution in [2.75, 3.05) is 5.32 Å². The van der Waals surface area contributed by atoms with Crippen LogP contribution in [0.25, 0.3) is 16.6 Å². The number of amides is 2. The highest BCUT2D eigenvalue weighted by Crippen LogP contribution is 2.25. The van der Waals surface area contributed by atoms with Crippen molar-refractivity contribution in [1.29, 1.82) is 0 Å². The Morgan fingerprint density at radius 3 is 2.49 bits per heavy atom. The van der Waals surface area contributed by atoms with Crippen LogP contribution in [0.3, 0.4) is 0 Å². The van der Waals surface area contributed by atoms with Gasteiger partial charge in [0.2, 0.25) is 0 Å². The van der Waals surface area contributed by atoms with Gasteiger partial charge >= 0.3 is 12.4 Å². The first-order chi connectivity index (χ1) is 16.7. The van der Waals surface area contributed by atoms with E-state index in [1.54, 1.807) is 17.1 Å². The molecule has 11 heteroatoms. The minimum Gasteiger partial charge on any atom is -0.406 e. The summed E-state index contributed by atoms with van der Waals surface area (Å²) < 4.78 is 49.4. The Kier molecular flexibility index (Phi) is 6.97. The third-order valence-electron chi connectivity index (χ3n) is 5.02. The summed E-state index contributed by atoms with van der Waals surface area (Å²) in [4.78, 5) is 12.1. The maximum Gasteiger partial charge on any atom is 0.573 e. The van der Waals surface area contributed by atoms with Gasteiger partial charge < -0.3 is 10.1 Å². The quantitative estimate of drug-likeness (QED) is 0.240. The summed E-state index contributed by atoms with van der Waals surface area (Å²) in [6.07, 6.45) is -1.49. The number of rotatable bonds is 6. The highest BCUT2D eigenvalue weighted by molar-refractivity contribution is 7.96. The monoisotopic (exact) mass is 499 g/mol. The molecule has 0 radical (unpaired) electrons. The molecule has 0 saturated carbocycles. The van der Waals surface area contributed by atoms with Gasteiger partial charge in [0.05, 0.1) is 29.5 Å². The second-order valence-corrected chi connectivity index (χ2v) is 8.16. The Hall–Kier alpha value is -3.99. The Bertz CT molecular complexity index is 1360. The molecular formula is C24H20F3N5O2S. The van der Waals surface area contributed by atoms with Crippen molar-refractivity contribution in [3.8, 4) is 11.4 Å². The first-order valence-corrected chi connectivity index (χ1v) is 11.1. The van der Waals surface area contributed by atoms with Gasteiger partial charge in [-0.15, -0.1) is 13.2 Å². The number of halogens is 3. The summed E-state index contributed by atoms with van der Waals surface area (Å²) in [5.41, 5.74) is 4.84. The number of urea groups is 1. The van der Waals surface area contributed by atoms with E-state index >= 15 is 0 Å². The average molecular weight is 500 g/mol. The van der Waals surface area contributed by atoms with E-state index in [9.17, 15) is 18.0 Å². The highest BCUT2D eigenvalue weighted by atomic mass is 32.2. The topological polar surface area (TPSA) is 80.5 Å². The van der Waals surface area contributed by atoms with E-state index < -0.39 is 6.36 Å². The largest absolute Gasteiger partial charge is 0.573 e. The van der Waals surface area contributed by atoms with E-state index in [1.807, 2.05) is 50.2 Å². The summed E-state index contributed by atoms with van der Waals surface area (Å²) in [6, 6.07) is 16.4. The van der Waals surface area contributed by atoms with Gasteiger partial charge in [0.25, 0.3) is 0 Å². The smallest absolute Gasteiger partial charge is 0.406 e. The maximum absolute atomic E-state index is 12.4. The van der Waals surface area contributed by atoms with E-state index in [4.69, 9.17) is 0 Å². The lowest BCUT2D eigenvalue weighted by Crippen LogP contribution is -2.23. The van der Waals surface area contributed by atoms with Crippen LogP contribution in [0.4, 0.5) is 23.7 Å². The van der Waals surface area contributed by atoms with Crippen molar-refractivity contribution in [3.63, 3.8) is 0 Å². The number of hydrogen-bond acceptors (Lipinski definition) is 5. The summed E-state index contributed by atoms with van der Waals surface area (Å²) in [7, 11) is 0. The lowest BCUT2D eigenvalue weighted by Gasteiger charge is -2.10. The minimum atomic E-state index is -4.74. The third-order valence-corrected chi connectivity index (χ3v) is 5.51. The number of aryl methyl sites for hydroxylation is 2. The number of benzene rings is 3. The van der Waals surface area contributed by atoms with Crippen LogP contribution in [0.5, 0.6) is 5.75 Å². The number of fused-ring (bicyclic) bond motifs is 1. The number of carbonyl (C=O) groups is 1. The van der Waals surface area contributed by atoms with Crippen molar-refractivity contribution < 1.29 is 22.7 Å². The molecule has 35 heavy (non-hydrogen) atoms. The van der Waals surface area contributed by atoms with E-state index in [0.29, 0.717) is 5.69 Å². The van der Waals surface area contributed by atoms with Crippen molar-refractivity contribution >= 4 is 41.0 Å². The Labute approximate surface area is 203 Å². The zero-order valence-corrected chi connectivity index (χ0v) is 19.4. The van der Waals surface area contributed by atoms with Gasteiger partial charge in [-0.2, -0.15) is 5.10 Å². The molecule has 7 nitrogen and oxygen atoms in total. The molecule has 0 aliphatic rings. The fraction of sp³-hybridized carbons (Fsp3) is 0.125. The number of carbonyl (C=O) groups excluding carboxylic acids is 1. The first kappa shape index (κ1) is 24.1. The summed E-state index contributed by atoms with van der Waals surface area (Å²) in [5.74, 6) is -0.301. The fourth-order valence-electron chi connectivity index (χ4n) is 3.43. The molecule has 0 unspecified atom stereocenters. The molecule has 4 aromatic rings. The number of alkyl halides is 3. The molecule has 1 heterocycles. The average Bonchev–Trinajstić information content (AvgIpc) is 3.22. The van der Waals surface area contributed by atoms with Crippen molar-refractivity contribution in [2.24, 2.45) is 4.40 Å². The van der Waals surface area contributed by atoms with Crippen molar-refractivity contribution in [3.05, 3.63) is 83.6 Å². The zero-order chi connectivity index (χ0) is 25.0. The molecule has 2 N–H and O–H groups in total. The van der Waals surface area contributed by atoms with Gasteiger partial charge in [0.1, 0.15) is 5.75 Å². The number of nitrogens with one attached hydrogen (secondary N) is 2. The van der Waals surface area contributed by atoms with Crippen LogP contribution in [-0.2, 0) is 0 Å². The molecule has 0 aliphatic carbocycles. The van der Waals surface area contributed by atoms with Crippen molar-refractivity contribution in [1.82, 2.24) is 14.5 Å². The van der Waals surface area contributed by atoms with Crippen LogP contribution < -0.4 is 14.8 Å². The Balaban J connectivity index is 1.38. The van der Waals surface area contributed by atoms with Gasteiger partial charge in [0.15, 0.2) is 0 Å². The second-order valence-electron chi connectivity index (χ2n) is 7.57. The van der Waals surface area contributed by atoms with Gasteiger partial charge in [0, 0.05) is 17.3 Å². The molecule has 0 saturated heterocycles. The van der Waals surface area contributed by atoms with E-state index in [-0.39, 0.29) is 11.8 Å². The normalized spacial score (nSPS) is 11.7. The maximum atomic E-state index is 12.4. The minimum absolute atomic E-state index is 0.301. The molecule has 0 fully saturated rings. The number of ether oxygens (including phenoxy) is 1. The molecule has 0 bridgehead atoms. The molecule has 180 valence electrons. The van der Waals surface area contributed by atoms with Crippen LogP contribution in [0.15, 0.2) is 71.3 Å². The van der Waals surface area contributed by atoms with Gasteiger partial charge in [-0.25, -0.2) is 13.9 Å². The van der Waals surface area contributed by atoms with Crippen LogP contribution in [0.2, 0.25) is 0 Å². The summed E-state index contributed by atoms with van der Waals surface area (Å²) in [5, 5.41) is 7.95. The van der Waals surface area contributed by atoms with Gasteiger partial charge in [-0.3, -0.25) is 4.72 Å². The molecule has 1 aromatic heterocycles. The van der Waals surface area contributed by atoms with Gasteiger partial charge in [-0.1, -0.05) is 24.3 Å². The predicted octanol–water partition coefficient (Wildman–Crippen LogP) is 6.34. The molecule has 4 rings (SSSR count). The molecule has 2 amide bonds. The summed E-state index contributed by atoms with van der Waals surface area (Å²) >= 11 is 0.894. The first-order valence-electron chi connectivity index (χ1n) is 10.4. The van der Waals surface area contributed by atoms with Crippen LogP contribution >= 0.6 is 12.1 Å². The molecule has 0 atom stereocenters. The SMILES string of the molecule is Cc1cccc(C)c1NC(=O)NSN=Cc1ccc2c(cnn2-c2ccc(OC(F)(F)F)cc2)c1. The van der Waals surface area contributed by atoms with Crippen LogP contribution in [0.1, 0.15) is 16.7 Å². The molecule has 0 aliphatic heterocycles. The van der Waals surface area contributed by atoms with Crippen molar-refractivity contribution in [2.45, 2.75) is 20.2 Å². The Morgan fingerprint density at radius 2 is 1.80 bits per heavy atom. The van der Waals surface area contributed by atoms with Crippen LogP contribution in [-0.4, -0.2) is 28.4 Å². The lowest BCUT2D eigenvalue weighted by atomic mass is 10.1. The van der Waals surface area contributed by atoms with E-state index in [1.165, 1.54) is 24.3 Å². The number of para-hydroxylation sites is 1. The standard InChI is InChI=1S/C24H20F3N5O2S/c1-15-4-3-5-16(2)22(15)30-23(33)31-35-29-13-17-6-11-21-18(12-17)14-28-32(21)19-7-9-20(10-8-19)34-24(25,26)27/h3-14H,1-2H3,(H2,30,31,33). The Morgan fingerprint density at radius 1 is 1.09 bits per heavy atom. The van der Waals surface area contributed by atoms with Crippen LogP contribution in [0, 0.1) is 13.8 Å². The lowest BCUT2D eigenvalue weighted by molar-refractivity contribution is -0.274. The number of anilines is 1. The predicted molar refractivity (Wildman–Crippen MR) is 131 cm³/mol. The zero-order valence-electron chi connectivity index (χ0n) is 18.6. The second kappa shape index (κ2) is 10.1. The highest BCUT2D eigenvalue weighted by Gasteiger charge is 2.31. The molecule has 0 spiro atoms. The number of nitrogens with zero attached hydrogens (tertiary/aromatic N) is 3.